The van der Waals surface area contributed by atoms with E-state index in [1.54, 1.807) is 23.5 Å². The molecule has 0 unspecified atom stereocenters. The molecule has 0 saturated carbocycles. The van der Waals surface area contributed by atoms with Gasteiger partial charge in [0.25, 0.3) is 0 Å². The quantitative estimate of drug-likeness (QED) is 0.438. The number of nitrogens with zero attached hydrogens (tertiary/aromatic N) is 1. The number of sulfone groups is 1. The summed E-state index contributed by atoms with van der Waals surface area (Å²) in [5.74, 6) is -0.328. The summed E-state index contributed by atoms with van der Waals surface area (Å²) < 4.78 is 24.7. The molecule has 1 N–H and O–H groups in total. The minimum absolute atomic E-state index is 0.244. The minimum atomic E-state index is -3.38. The van der Waals surface area contributed by atoms with E-state index >= 15 is 0 Å². The van der Waals surface area contributed by atoms with Crippen molar-refractivity contribution in [2.24, 2.45) is 0 Å². The van der Waals surface area contributed by atoms with Gasteiger partial charge < -0.3 is 0 Å². The van der Waals surface area contributed by atoms with E-state index < -0.39 is 9.84 Å². The Morgan fingerprint density at radius 3 is 2.34 bits per heavy atom. The van der Waals surface area contributed by atoms with Crippen molar-refractivity contribution in [2.45, 2.75) is 24.2 Å². The number of carbonyl (C=O) groups is 1. The highest BCUT2D eigenvalue weighted by atomic mass is 32.2. The van der Waals surface area contributed by atoms with Crippen LogP contribution >= 0.6 is 11.3 Å². The van der Waals surface area contributed by atoms with Crippen LogP contribution in [0.25, 0.3) is 22.3 Å². The molecule has 5 nitrogen and oxygen atoms in total. The van der Waals surface area contributed by atoms with Crippen LogP contribution in [0.15, 0.2) is 64.9 Å². The van der Waals surface area contributed by atoms with Crippen molar-refractivity contribution >= 4 is 27.1 Å². The number of amides is 1. The number of hydrogen-bond donors (Lipinski definition) is 1. The van der Waals surface area contributed by atoms with E-state index in [0.29, 0.717) is 28.4 Å². The predicted octanol–water partition coefficient (Wildman–Crippen LogP) is 4.66. The third-order valence-electron chi connectivity index (χ3n) is 4.66. The van der Waals surface area contributed by atoms with Crippen molar-refractivity contribution in [3.63, 3.8) is 0 Å². The number of carbonyl (C=O) groups excluding carboxylic acids is 1. The lowest BCUT2D eigenvalue weighted by molar-refractivity contribution is -0.159. The summed E-state index contributed by atoms with van der Waals surface area (Å²) in [6.45, 7) is 0. The Kier molecular flexibility index (Phi) is 6.52. The molecule has 29 heavy (non-hydrogen) atoms. The Bertz CT molecular complexity index is 1100. The molecule has 7 heteroatoms. The molecule has 0 radical (unpaired) electrons. The van der Waals surface area contributed by atoms with Gasteiger partial charge in [-0.05, 0) is 29.9 Å². The normalized spacial score (nSPS) is 11.4. The van der Waals surface area contributed by atoms with Gasteiger partial charge >= 0.3 is 0 Å². The molecule has 0 aliphatic rings. The molecule has 3 rings (SSSR count). The first-order valence-electron chi connectivity index (χ1n) is 9.19. The molecule has 152 valence electrons. The first kappa shape index (κ1) is 21.2. The van der Waals surface area contributed by atoms with Gasteiger partial charge in [-0.2, -0.15) is 0 Å². The maximum atomic E-state index is 12.3. The van der Waals surface area contributed by atoms with Crippen LogP contribution in [0.1, 0.15) is 17.7 Å². The molecule has 3 aromatic rings. The Hall–Kier alpha value is -2.48. The Labute approximate surface area is 175 Å². The lowest BCUT2D eigenvalue weighted by Crippen LogP contribution is -2.22. The second kappa shape index (κ2) is 8.90. The van der Waals surface area contributed by atoms with E-state index in [4.69, 9.17) is 0 Å². The molecule has 0 bridgehead atoms. The second-order valence-electron chi connectivity index (χ2n) is 6.85. The summed E-state index contributed by atoms with van der Waals surface area (Å²) in [5.41, 5.74) is 3.56. The molecule has 0 aliphatic carbocycles. The van der Waals surface area contributed by atoms with Crippen molar-refractivity contribution in [1.29, 1.82) is 0 Å². The lowest BCUT2D eigenvalue weighted by Gasteiger charge is -2.12. The van der Waals surface area contributed by atoms with Crippen molar-refractivity contribution in [3.8, 4) is 22.3 Å². The standard InChI is InChI=1S/C22H23NO4S2/c1-23(25)21(24)14-8-12-19-22(16-9-4-3-5-10-16)18(15-28-19)17-11-6-7-13-20(17)29(2,26)27/h3-7,9-11,13,15,25H,8,12,14H2,1-2H3. The van der Waals surface area contributed by atoms with Crippen LogP contribution in [0, 0.1) is 0 Å². The van der Waals surface area contributed by atoms with Gasteiger partial charge in [-0.1, -0.05) is 48.5 Å². The summed E-state index contributed by atoms with van der Waals surface area (Å²) in [7, 11) is -2.06. The minimum Gasteiger partial charge on any atom is -0.286 e. The van der Waals surface area contributed by atoms with Crippen LogP contribution < -0.4 is 0 Å². The van der Waals surface area contributed by atoms with Crippen molar-refractivity contribution in [1.82, 2.24) is 5.06 Å². The molecule has 2 aromatic carbocycles. The van der Waals surface area contributed by atoms with E-state index in [9.17, 15) is 18.4 Å². The average Bonchev–Trinajstić information content (AvgIpc) is 3.11. The summed E-state index contributed by atoms with van der Waals surface area (Å²) >= 11 is 1.56. The Balaban J connectivity index is 2.06. The highest BCUT2D eigenvalue weighted by Gasteiger charge is 2.21. The molecule has 0 fully saturated rings. The fourth-order valence-electron chi connectivity index (χ4n) is 3.28. The van der Waals surface area contributed by atoms with E-state index in [0.717, 1.165) is 21.6 Å². The van der Waals surface area contributed by atoms with E-state index in [1.807, 2.05) is 47.8 Å². The summed E-state index contributed by atoms with van der Waals surface area (Å²) in [6, 6.07) is 16.9. The monoisotopic (exact) mass is 429 g/mol. The number of benzene rings is 2. The fraction of sp³-hybridized carbons (Fsp3) is 0.227. The van der Waals surface area contributed by atoms with Crippen LogP contribution in [0.5, 0.6) is 0 Å². The number of thiophene rings is 1. The fourth-order valence-corrected chi connectivity index (χ4v) is 5.29. The zero-order valence-electron chi connectivity index (χ0n) is 16.3. The van der Waals surface area contributed by atoms with Gasteiger partial charge in [0.15, 0.2) is 9.84 Å². The Morgan fingerprint density at radius 1 is 1.03 bits per heavy atom. The molecular weight excluding hydrogens is 406 g/mol. The van der Waals surface area contributed by atoms with Crippen LogP contribution in [0.4, 0.5) is 0 Å². The van der Waals surface area contributed by atoms with Crippen LogP contribution in [0.3, 0.4) is 0 Å². The van der Waals surface area contributed by atoms with Gasteiger partial charge in [0.1, 0.15) is 0 Å². The number of hydrogen-bond acceptors (Lipinski definition) is 5. The van der Waals surface area contributed by atoms with Gasteiger partial charge in [0.05, 0.1) is 4.90 Å². The first-order chi connectivity index (χ1) is 13.8. The van der Waals surface area contributed by atoms with Crippen molar-refractivity contribution in [2.75, 3.05) is 13.3 Å². The van der Waals surface area contributed by atoms with Crippen LogP contribution in [0.2, 0.25) is 0 Å². The summed E-state index contributed by atoms with van der Waals surface area (Å²) in [5, 5.41) is 11.8. The molecule has 0 saturated heterocycles. The second-order valence-corrected chi connectivity index (χ2v) is 9.80. The van der Waals surface area contributed by atoms with Gasteiger partial charge in [-0.15, -0.1) is 11.3 Å². The molecule has 1 aromatic heterocycles. The SMILES string of the molecule is CN(O)C(=O)CCCc1scc(-c2ccccc2S(C)(=O)=O)c1-c1ccccc1. The molecule has 0 spiro atoms. The largest absolute Gasteiger partial charge is 0.286 e. The molecule has 0 aliphatic heterocycles. The number of rotatable bonds is 7. The highest BCUT2D eigenvalue weighted by Crippen LogP contribution is 2.42. The third kappa shape index (κ3) is 4.93. The molecule has 0 atom stereocenters. The number of hydroxylamine groups is 2. The van der Waals surface area contributed by atoms with Gasteiger partial charge in [-0.3, -0.25) is 10.0 Å². The third-order valence-corrected chi connectivity index (χ3v) is 6.86. The number of aryl methyl sites for hydroxylation is 1. The smallest absolute Gasteiger partial charge is 0.245 e. The van der Waals surface area contributed by atoms with E-state index in [-0.39, 0.29) is 12.3 Å². The van der Waals surface area contributed by atoms with Crippen LogP contribution in [-0.4, -0.2) is 37.9 Å². The predicted molar refractivity (Wildman–Crippen MR) is 116 cm³/mol. The molecular formula is C22H23NO4S2. The zero-order chi connectivity index (χ0) is 21.0. The summed E-state index contributed by atoms with van der Waals surface area (Å²) in [6.07, 6.45) is 2.72. The van der Waals surface area contributed by atoms with Gasteiger partial charge in [0.2, 0.25) is 5.91 Å². The van der Waals surface area contributed by atoms with Crippen molar-refractivity contribution in [3.05, 3.63) is 64.9 Å². The molecule has 1 amide bonds. The summed E-state index contributed by atoms with van der Waals surface area (Å²) in [4.78, 5) is 13.1. The lowest BCUT2D eigenvalue weighted by atomic mass is 9.95. The zero-order valence-corrected chi connectivity index (χ0v) is 18.0. The van der Waals surface area contributed by atoms with Crippen LogP contribution in [-0.2, 0) is 21.1 Å². The Morgan fingerprint density at radius 2 is 1.69 bits per heavy atom. The van der Waals surface area contributed by atoms with Gasteiger partial charge in [-0.25, -0.2) is 13.5 Å². The van der Waals surface area contributed by atoms with Gasteiger partial charge in [0, 0.05) is 41.3 Å². The maximum Gasteiger partial charge on any atom is 0.245 e. The maximum absolute atomic E-state index is 12.3. The van der Waals surface area contributed by atoms with E-state index in [2.05, 4.69) is 0 Å². The average molecular weight is 430 g/mol. The first-order valence-corrected chi connectivity index (χ1v) is 12.0. The highest BCUT2D eigenvalue weighted by molar-refractivity contribution is 7.90. The molecule has 1 heterocycles. The van der Waals surface area contributed by atoms with E-state index in [1.165, 1.54) is 13.3 Å². The topological polar surface area (TPSA) is 74.7 Å². The van der Waals surface area contributed by atoms with Crippen molar-refractivity contribution < 1.29 is 18.4 Å².